The Morgan fingerprint density at radius 1 is 1.33 bits per heavy atom. The van der Waals surface area contributed by atoms with Crippen LogP contribution in [0.4, 0.5) is 0 Å². The van der Waals surface area contributed by atoms with E-state index < -0.39 is 0 Å². The first-order valence-corrected chi connectivity index (χ1v) is 7.65. The first-order chi connectivity index (χ1) is 11.5. The van der Waals surface area contributed by atoms with Crippen molar-refractivity contribution in [1.82, 2.24) is 19.7 Å². The lowest BCUT2D eigenvalue weighted by atomic mass is 10.1. The minimum Gasteiger partial charge on any atom is -0.469 e. The molecule has 124 valence electrons. The second-order valence-electron chi connectivity index (χ2n) is 5.66. The summed E-state index contributed by atoms with van der Waals surface area (Å²) in [4.78, 5) is 31.3. The van der Waals surface area contributed by atoms with Crippen LogP contribution >= 0.6 is 0 Å². The molecule has 1 N–H and O–H groups in total. The number of rotatable bonds is 5. The fourth-order valence-electron chi connectivity index (χ4n) is 2.45. The van der Waals surface area contributed by atoms with E-state index in [4.69, 9.17) is 4.42 Å². The summed E-state index contributed by atoms with van der Waals surface area (Å²) in [6.45, 7) is 5.26. The molecule has 24 heavy (non-hydrogen) atoms. The van der Waals surface area contributed by atoms with Gasteiger partial charge in [0, 0.05) is 24.1 Å². The fourth-order valence-corrected chi connectivity index (χ4v) is 2.45. The summed E-state index contributed by atoms with van der Waals surface area (Å²) in [6, 6.07) is 3.64. The van der Waals surface area contributed by atoms with Crippen LogP contribution in [0, 0.1) is 20.8 Å². The molecule has 0 spiro atoms. The number of aryl methyl sites for hydroxylation is 2. The minimum absolute atomic E-state index is 0.0265. The molecule has 0 radical (unpaired) electrons. The maximum absolute atomic E-state index is 12.4. The van der Waals surface area contributed by atoms with Crippen LogP contribution in [0.3, 0.4) is 0 Å². The number of ketones is 1. The summed E-state index contributed by atoms with van der Waals surface area (Å²) in [5.41, 5.74) is 2.15. The Balaban J connectivity index is 1.86. The molecule has 0 unspecified atom stereocenters. The third-order valence-corrected chi connectivity index (χ3v) is 4.07. The molecule has 0 aliphatic rings. The van der Waals surface area contributed by atoms with Crippen molar-refractivity contribution in [3.05, 3.63) is 63.2 Å². The Morgan fingerprint density at radius 3 is 2.79 bits per heavy atom. The van der Waals surface area contributed by atoms with Gasteiger partial charge in [-0.3, -0.25) is 14.6 Å². The molecule has 3 aromatic heterocycles. The fraction of sp³-hybridized carbons (Fsp3) is 0.294. The molecule has 0 saturated heterocycles. The molecule has 0 saturated carbocycles. The molecule has 3 rings (SSSR count). The Morgan fingerprint density at radius 2 is 2.12 bits per heavy atom. The van der Waals surface area contributed by atoms with Gasteiger partial charge < -0.3 is 4.42 Å². The number of aromatic nitrogens is 4. The van der Waals surface area contributed by atoms with Crippen molar-refractivity contribution in [3.63, 3.8) is 0 Å². The summed E-state index contributed by atoms with van der Waals surface area (Å²) in [5.74, 6) is 1.06. The van der Waals surface area contributed by atoms with E-state index in [0.717, 1.165) is 5.76 Å². The largest absolute Gasteiger partial charge is 0.469 e. The number of nitrogens with one attached hydrogen (secondary N) is 1. The van der Waals surface area contributed by atoms with Crippen molar-refractivity contribution >= 4 is 5.78 Å². The van der Waals surface area contributed by atoms with Crippen molar-refractivity contribution in [2.45, 2.75) is 33.6 Å². The maximum Gasteiger partial charge on any atom is 0.255 e. The summed E-state index contributed by atoms with van der Waals surface area (Å²) < 4.78 is 6.72. The number of Topliss-reactive ketones (excluding diaryl/α,β-unsaturated/α-hetero) is 1. The van der Waals surface area contributed by atoms with E-state index >= 15 is 0 Å². The monoisotopic (exact) mass is 326 g/mol. The molecule has 0 aliphatic heterocycles. The second-order valence-corrected chi connectivity index (χ2v) is 5.66. The van der Waals surface area contributed by atoms with Crippen molar-refractivity contribution in [2.24, 2.45) is 0 Å². The van der Waals surface area contributed by atoms with E-state index in [2.05, 4.69) is 15.1 Å². The van der Waals surface area contributed by atoms with Gasteiger partial charge in [-0.05, 0) is 32.9 Å². The third-order valence-electron chi connectivity index (χ3n) is 4.07. The molecular formula is C17H18N4O3. The maximum atomic E-state index is 12.4. The van der Waals surface area contributed by atoms with Gasteiger partial charge in [0.1, 0.15) is 5.76 Å². The molecule has 0 amide bonds. The van der Waals surface area contributed by atoms with E-state index in [-0.39, 0.29) is 11.3 Å². The molecule has 0 bridgehead atoms. The zero-order chi connectivity index (χ0) is 17.3. The molecule has 0 aromatic carbocycles. The predicted molar refractivity (Wildman–Crippen MR) is 87.6 cm³/mol. The summed E-state index contributed by atoms with van der Waals surface area (Å²) in [5, 5.41) is 4.20. The Labute approximate surface area is 138 Å². The van der Waals surface area contributed by atoms with E-state index in [1.54, 1.807) is 33.1 Å². The topological polar surface area (TPSA) is 93.8 Å². The highest BCUT2D eigenvalue weighted by molar-refractivity contribution is 5.97. The van der Waals surface area contributed by atoms with Gasteiger partial charge in [-0.2, -0.15) is 5.10 Å². The molecule has 3 aromatic rings. The summed E-state index contributed by atoms with van der Waals surface area (Å²) in [6.07, 6.45) is 3.96. The Kier molecular flexibility index (Phi) is 4.16. The van der Waals surface area contributed by atoms with Crippen molar-refractivity contribution in [1.29, 1.82) is 0 Å². The van der Waals surface area contributed by atoms with E-state index in [9.17, 15) is 9.59 Å². The zero-order valence-electron chi connectivity index (χ0n) is 13.8. The van der Waals surface area contributed by atoms with Crippen LogP contribution in [0.15, 0.2) is 33.8 Å². The molecule has 0 aliphatic carbocycles. The van der Waals surface area contributed by atoms with E-state index in [0.29, 0.717) is 41.3 Å². The minimum atomic E-state index is -0.210. The van der Waals surface area contributed by atoms with Crippen LogP contribution in [-0.2, 0) is 6.42 Å². The zero-order valence-corrected chi connectivity index (χ0v) is 13.8. The number of hydrogen-bond acceptors (Lipinski definition) is 5. The number of carbonyl (C=O) groups is 1. The first kappa shape index (κ1) is 15.9. The van der Waals surface area contributed by atoms with Gasteiger partial charge in [0.05, 0.1) is 23.7 Å². The highest BCUT2D eigenvalue weighted by atomic mass is 16.3. The highest BCUT2D eigenvalue weighted by Crippen LogP contribution is 2.15. The number of aromatic amines is 1. The Hall–Kier alpha value is -2.96. The normalized spacial score (nSPS) is 11.0. The third kappa shape index (κ3) is 2.92. The van der Waals surface area contributed by atoms with Crippen LogP contribution in [0.1, 0.15) is 39.5 Å². The molecule has 7 nitrogen and oxygen atoms in total. The van der Waals surface area contributed by atoms with Crippen molar-refractivity contribution < 1.29 is 9.21 Å². The van der Waals surface area contributed by atoms with Crippen molar-refractivity contribution in [3.8, 4) is 5.95 Å². The molecule has 7 heteroatoms. The van der Waals surface area contributed by atoms with Gasteiger partial charge in [0.25, 0.3) is 5.56 Å². The SMILES string of the molecule is Cc1nc(-n2ncc(C(=O)CCc3ccco3)c2C)[nH]c(=O)c1C. The average molecular weight is 326 g/mol. The summed E-state index contributed by atoms with van der Waals surface area (Å²) in [7, 11) is 0. The molecule has 0 atom stereocenters. The molecule has 3 heterocycles. The summed E-state index contributed by atoms with van der Waals surface area (Å²) >= 11 is 0. The van der Waals surface area contributed by atoms with Crippen molar-refractivity contribution in [2.75, 3.05) is 0 Å². The van der Waals surface area contributed by atoms with E-state index in [1.165, 1.54) is 10.9 Å². The average Bonchev–Trinajstić information content (AvgIpc) is 3.19. The van der Waals surface area contributed by atoms with Gasteiger partial charge in [0.2, 0.25) is 5.95 Å². The van der Waals surface area contributed by atoms with Gasteiger partial charge in [-0.25, -0.2) is 9.67 Å². The number of carbonyl (C=O) groups excluding carboxylic acids is 1. The van der Waals surface area contributed by atoms with Crippen LogP contribution in [0.5, 0.6) is 0 Å². The lowest BCUT2D eigenvalue weighted by Gasteiger charge is -2.06. The van der Waals surface area contributed by atoms with E-state index in [1.807, 2.05) is 6.07 Å². The lowest BCUT2D eigenvalue weighted by Crippen LogP contribution is -2.18. The van der Waals surface area contributed by atoms with Gasteiger partial charge >= 0.3 is 0 Å². The smallest absolute Gasteiger partial charge is 0.255 e. The lowest BCUT2D eigenvalue weighted by molar-refractivity contribution is 0.0980. The number of H-pyrrole nitrogens is 1. The van der Waals surface area contributed by atoms with Gasteiger partial charge in [-0.15, -0.1) is 0 Å². The quantitative estimate of drug-likeness (QED) is 0.726. The Bertz CT molecular complexity index is 935. The predicted octanol–water partition coefficient (Wildman–Crippen LogP) is 2.29. The molecule has 0 fully saturated rings. The van der Waals surface area contributed by atoms with Crippen LogP contribution in [-0.4, -0.2) is 25.5 Å². The van der Waals surface area contributed by atoms with Gasteiger partial charge in [-0.1, -0.05) is 0 Å². The highest BCUT2D eigenvalue weighted by Gasteiger charge is 2.17. The van der Waals surface area contributed by atoms with Crippen LogP contribution in [0.25, 0.3) is 5.95 Å². The van der Waals surface area contributed by atoms with Gasteiger partial charge in [0.15, 0.2) is 5.78 Å². The van der Waals surface area contributed by atoms with Crippen LogP contribution < -0.4 is 5.56 Å². The number of nitrogens with zero attached hydrogens (tertiary/aromatic N) is 3. The van der Waals surface area contributed by atoms with Crippen LogP contribution in [0.2, 0.25) is 0 Å². The molecular weight excluding hydrogens is 308 g/mol. The standard InChI is InChI=1S/C17H18N4O3/c1-10-11(2)19-17(20-16(10)23)21-12(3)14(9-18-21)15(22)7-6-13-5-4-8-24-13/h4-5,8-9H,6-7H2,1-3H3,(H,19,20,23). The number of furan rings is 1. The number of hydrogen-bond donors (Lipinski definition) is 1. The second kappa shape index (κ2) is 6.27. The first-order valence-electron chi connectivity index (χ1n) is 7.65.